The van der Waals surface area contributed by atoms with E-state index in [9.17, 15) is 23.1 Å². The Balaban J connectivity index is 1.48. The van der Waals surface area contributed by atoms with Gasteiger partial charge in [0.25, 0.3) is 5.95 Å². The van der Waals surface area contributed by atoms with E-state index in [0.29, 0.717) is 30.9 Å². The van der Waals surface area contributed by atoms with Crippen molar-refractivity contribution in [1.82, 2.24) is 20.2 Å². The molecule has 1 aromatic heterocycles. The molecule has 5 rings (SSSR count). The van der Waals surface area contributed by atoms with Gasteiger partial charge in [0.1, 0.15) is 0 Å². The molecule has 2 aromatic carbocycles. The fourth-order valence-electron chi connectivity index (χ4n) is 6.40. The molecule has 2 aliphatic rings. The molecule has 0 saturated heterocycles. The molecule has 9 nitrogen and oxygen atoms in total. The number of carbonyl (C=O) groups is 1. The highest BCUT2D eigenvalue weighted by molar-refractivity contribution is 5.70. The highest BCUT2D eigenvalue weighted by Crippen LogP contribution is 2.37. The summed E-state index contributed by atoms with van der Waals surface area (Å²) < 4.78 is 41.0. The second-order valence-electron chi connectivity index (χ2n) is 11.6. The van der Waals surface area contributed by atoms with Crippen molar-refractivity contribution in [3.63, 3.8) is 0 Å². The maximum Gasteiger partial charge on any atom is 0.415 e. The fourth-order valence-corrected chi connectivity index (χ4v) is 6.40. The van der Waals surface area contributed by atoms with Crippen molar-refractivity contribution < 1.29 is 23.1 Å². The highest BCUT2D eigenvalue weighted by atomic mass is 19.4. The lowest BCUT2D eigenvalue weighted by Gasteiger charge is -2.34. The van der Waals surface area contributed by atoms with E-state index in [1.165, 1.54) is 22.0 Å². The molecule has 0 aliphatic heterocycles. The predicted molar refractivity (Wildman–Crippen MR) is 156 cm³/mol. The van der Waals surface area contributed by atoms with Crippen LogP contribution < -0.4 is 9.80 Å². The fraction of sp³-hybridized carbons (Fsp3) is 0.516. The van der Waals surface area contributed by atoms with Crippen LogP contribution >= 0.6 is 0 Å². The van der Waals surface area contributed by atoms with E-state index in [1.54, 1.807) is 7.05 Å². The number of carboxylic acids is 1. The van der Waals surface area contributed by atoms with Crippen molar-refractivity contribution in [3.05, 3.63) is 69.6 Å². The Kier molecular flexibility index (Phi) is 8.89. The molecular formula is C31H36F3N7O2. The number of aryl methyl sites for hydroxylation is 3. The molecule has 3 aromatic rings. The molecule has 0 unspecified atom stereocenters. The van der Waals surface area contributed by atoms with Crippen LogP contribution in [-0.4, -0.2) is 44.4 Å². The van der Waals surface area contributed by atoms with Crippen molar-refractivity contribution in [3.8, 4) is 0 Å². The second kappa shape index (κ2) is 12.6. The summed E-state index contributed by atoms with van der Waals surface area (Å²) >= 11 is 0. The van der Waals surface area contributed by atoms with E-state index in [-0.39, 0.29) is 24.1 Å². The number of hydrogen-bond donors (Lipinski definition) is 1. The first kappa shape index (κ1) is 30.3. The summed E-state index contributed by atoms with van der Waals surface area (Å²) in [5.41, 5.74) is 4.07. The number of alkyl halides is 3. The zero-order chi connectivity index (χ0) is 30.7. The van der Waals surface area contributed by atoms with Gasteiger partial charge in [-0.2, -0.15) is 18.0 Å². The van der Waals surface area contributed by atoms with Crippen LogP contribution in [0.1, 0.15) is 66.8 Å². The largest absolute Gasteiger partial charge is 0.481 e. The number of tetrazole rings is 1. The van der Waals surface area contributed by atoms with Gasteiger partial charge in [0.05, 0.1) is 19.5 Å². The minimum atomic E-state index is -4.58. The highest BCUT2D eigenvalue weighted by Gasteiger charge is 2.32. The Morgan fingerprint density at radius 2 is 1.79 bits per heavy atom. The van der Waals surface area contributed by atoms with Crippen molar-refractivity contribution >= 4 is 23.3 Å². The number of aliphatic carboxylic acids is 1. The van der Waals surface area contributed by atoms with Crippen LogP contribution in [0.15, 0.2) is 30.3 Å². The lowest BCUT2D eigenvalue weighted by atomic mass is 9.81. The van der Waals surface area contributed by atoms with E-state index in [1.807, 2.05) is 4.90 Å². The number of carboxylic acid groups (broad SMARTS) is 1. The minimum Gasteiger partial charge on any atom is -0.481 e. The smallest absolute Gasteiger partial charge is 0.415 e. The molecule has 12 heteroatoms. The molecule has 0 atom stereocenters. The number of halogens is 3. The van der Waals surface area contributed by atoms with Gasteiger partial charge in [-0.1, -0.05) is 17.2 Å². The maximum atomic E-state index is 13.7. The number of fused-ring (bicyclic) bond motifs is 1. The normalized spacial score (nSPS) is 18.2. The molecule has 0 bridgehead atoms. The molecule has 1 fully saturated rings. The summed E-state index contributed by atoms with van der Waals surface area (Å²) in [4.78, 5) is 20.2. The van der Waals surface area contributed by atoms with Crippen molar-refractivity contribution in [2.45, 2.75) is 71.1 Å². The van der Waals surface area contributed by atoms with Crippen LogP contribution in [-0.2, 0) is 43.9 Å². The zero-order valence-electron chi connectivity index (χ0n) is 24.4. The van der Waals surface area contributed by atoms with Gasteiger partial charge in [0.2, 0.25) is 0 Å². The first-order valence-electron chi connectivity index (χ1n) is 14.7. The molecule has 1 N–H and O–H groups in total. The Labute approximate surface area is 249 Å². The molecule has 0 amide bonds. The van der Waals surface area contributed by atoms with Crippen molar-refractivity contribution in [2.24, 2.45) is 18.9 Å². The monoisotopic (exact) mass is 595 g/mol. The van der Waals surface area contributed by atoms with Gasteiger partial charge in [-0.05, 0) is 103 Å². The minimum absolute atomic E-state index is 0.0555. The number of anilines is 2. The topological polar surface area (TPSA) is 91.7 Å². The van der Waals surface area contributed by atoms with Crippen LogP contribution in [0.4, 0.5) is 30.5 Å². The van der Waals surface area contributed by atoms with Gasteiger partial charge in [-0.15, -0.1) is 5.10 Å². The number of nitrogens with zero attached hydrogens (tertiary/aromatic N) is 7. The van der Waals surface area contributed by atoms with Gasteiger partial charge >= 0.3 is 12.1 Å². The van der Waals surface area contributed by atoms with Gasteiger partial charge in [-0.3, -0.25) is 4.79 Å². The van der Waals surface area contributed by atoms with E-state index in [2.05, 4.69) is 44.2 Å². The number of aromatic nitrogens is 4. The summed E-state index contributed by atoms with van der Waals surface area (Å²) in [6.07, 6.45) is 1.56. The third kappa shape index (κ3) is 7.09. The third-order valence-corrected chi connectivity index (χ3v) is 8.64. The van der Waals surface area contributed by atoms with Crippen LogP contribution in [0.5, 0.6) is 0 Å². The van der Waals surface area contributed by atoms with Crippen LogP contribution in [0.3, 0.4) is 0 Å². The summed E-state index contributed by atoms with van der Waals surface area (Å²) in [5, 5.41) is 22.0. The predicted octanol–water partition coefficient (Wildman–Crippen LogP) is 6.19. The Bertz CT molecular complexity index is 1510. The van der Waals surface area contributed by atoms with Crippen molar-refractivity contribution in [1.29, 1.82) is 0 Å². The van der Waals surface area contributed by atoms with Crippen LogP contribution in [0.2, 0.25) is 0 Å². The van der Waals surface area contributed by atoms with E-state index < -0.39 is 17.7 Å². The Morgan fingerprint density at radius 3 is 2.40 bits per heavy atom. The summed E-state index contributed by atoms with van der Waals surface area (Å²) in [6.45, 7) is 11.4. The number of hydrogen-bond acceptors (Lipinski definition) is 6. The molecular weight excluding hydrogens is 559 g/mol. The van der Waals surface area contributed by atoms with Gasteiger partial charge in [0, 0.05) is 37.4 Å². The molecule has 43 heavy (non-hydrogen) atoms. The lowest BCUT2D eigenvalue weighted by molar-refractivity contribution is -0.143. The van der Waals surface area contributed by atoms with Crippen LogP contribution in [0.25, 0.3) is 4.85 Å². The standard InChI is InChI=1S/C31H36F3N7O2/c1-4-40(17-20-8-10-22(11-9-20)29(42)43)28-15-24-7-5-6-23(24)14-25(28)19-41(30-36-38-39(3)37-30)18-21-12-26(31(32,33)34)16-27(13-21)35-2/h12-16,20,22H,4-11,17-19H2,1,3H3,(H,42,43). The van der Waals surface area contributed by atoms with Crippen LogP contribution in [0, 0.1) is 18.4 Å². The zero-order valence-corrected chi connectivity index (χ0v) is 24.4. The molecule has 228 valence electrons. The summed E-state index contributed by atoms with van der Waals surface area (Å²) in [5.74, 6) is -0.319. The van der Waals surface area contributed by atoms with E-state index >= 15 is 0 Å². The third-order valence-electron chi connectivity index (χ3n) is 8.64. The van der Waals surface area contributed by atoms with E-state index in [0.717, 1.165) is 68.6 Å². The molecule has 0 spiro atoms. The quantitative estimate of drug-likeness (QED) is 0.280. The SMILES string of the molecule is [C-]#[N+]c1cc(CN(Cc2cc3c(cc2N(CC)CC2CCC(C(=O)O)CC2)CCC3)c2nnn(C)n2)cc(C(F)(F)F)c1. The van der Waals surface area contributed by atoms with Gasteiger partial charge in [0.15, 0.2) is 5.69 Å². The average molecular weight is 596 g/mol. The summed E-state index contributed by atoms with van der Waals surface area (Å²) in [6, 6.07) is 7.88. The Morgan fingerprint density at radius 1 is 1.07 bits per heavy atom. The van der Waals surface area contributed by atoms with E-state index in [4.69, 9.17) is 6.57 Å². The first-order chi connectivity index (χ1) is 20.5. The molecule has 1 heterocycles. The molecule has 1 saturated carbocycles. The van der Waals surface area contributed by atoms with Crippen molar-refractivity contribution in [2.75, 3.05) is 22.9 Å². The molecule has 2 aliphatic carbocycles. The Hall–Kier alpha value is -4.14. The average Bonchev–Trinajstić information content (AvgIpc) is 3.63. The second-order valence-corrected chi connectivity index (χ2v) is 11.6. The number of benzene rings is 2. The molecule has 0 radical (unpaired) electrons. The van der Waals surface area contributed by atoms with Gasteiger partial charge < -0.3 is 14.9 Å². The maximum absolute atomic E-state index is 13.7. The van der Waals surface area contributed by atoms with Gasteiger partial charge in [-0.25, -0.2) is 4.85 Å². The lowest BCUT2D eigenvalue weighted by Crippen LogP contribution is -2.34. The first-order valence-corrected chi connectivity index (χ1v) is 14.7. The number of rotatable bonds is 10. The summed E-state index contributed by atoms with van der Waals surface area (Å²) in [7, 11) is 1.63.